The molecule has 0 saturated heterocycles. The number of amides is 1. The van der Waals surface area contributed by atoms with Crippen molar-refractivity contribution in [2.45, 2.75) is 17.8 Å². The standard InChI is InChI=1S/C14H14N4O4S/c1-8-11(12(17-22-8)9-5-3-2-4-6-9)13(19)16-14-15-7-10(23-14)18(20)21/h2-7,10,14,20-21H,1H3,(H,16,19)/t10-,14-/m1/s1. The van der Waals surface area contributed by atoms with Gasteiger partial charge >= 0.3 is 0 Å². The lowest BCUT2D eigenvalue weighted by molar-refractivity contribution is -0.303. The topological polar surface area (TPSA) is 111 Å². The number of hydrogen-bond acceptors (Lipinski definition) is 8. The maximum absolute atomic E-state index is 12.5. The molecule has 0 spiro atoms. The second-order valence-corrected chi connectivity index (χ2v) is 6.00. The van der Waals surface area contributed by atoms with E-state index in [0.29, 0.717) is 17.0 Å². The number of carbonyl (C=O) groups is 1. The number of hydroxylamine groups is 2. The average Bonchev–Trinajstić information content (AvgIpc) is 3.15. The van der Waals surface area contributed by atoms with Gasteiger partial charge in [0, 0.05) is 11.8 Å². The maximum atomic E-state index is 12.5. The molecule has 2 aromatic rings. The summed E-state index contributed by atoms with van der Waals surface area (Å²) in [6.45, 7) is 1.66. The number of nitrogens with one attached hydrogen (secondary N) is 1. The van der Waals surface area contributed by atoms with Crippen LogP contribution in [-0.2, 0) is 0 Å². The quantitative estimate of drug-likeness (QED) is 0.732. The molecule has 1 aliphatic rings. The molecular weight excluding hydrogens is 320 g/mol. The molecule has 0 fully saturated rings. The molecule has 1 aromatic heterocycles. The minimum Gasteiger partial charge on any atom is -0.360 e. The monoisotopic (exact) mass is 334 g/mol. The molecule has 0 unspecified atom stereocenters. The molecule has 0 bridgehead atoms. The van der Waals surface area contributed by atoms with Gasteiger partial charge in [-0.2, -0.15) is 0 Å². The molecule has 120 valence electrons. The summed E-state index contributed by atoms with van der Waals surface area (Å²) in [5.74, 6) is 0.0103. The molecule has 23 heavy (non-hydrogen) atoms. The molecular formula is C14H14N4O4S. The van der Waals surface area contributed by atoms with Crippen molar-refractivity contribution in [3.63, 3.8) is 0 Å². The van der Waals surface area contributed by atoms with Gasteiger partial charge in [-0.15, -0.1) is 0 Å². The Kier molecular flexibility index (Phi) is 4.44. The Labute approximate surface area is 135 Å². The van der Waals surface area contributed by atoms with Gasteiger partial charge in [0.05, 0.1) is 0 Å². The fourth-order valence-corrected chi connectivity index (χ4v) is 2.99. The summed E-state index contributed by atoms with van der Waals surface area (Å²) in [4.78, 5) is 16.5. The van der Waals surface area contributed by atoms with Crippen LogP contribution >= 0.6 is 11.8 Å². The first kappa shape index (κ1) is 15.7. The van der Waals surface area contributed by atoms with Gasteiger partial charge in [0.2, 0.25) is 0 Å². The third kappa shape index (κ3) is 3.27. The Morgan fingerprint density at radius 1 is 1.35 bits per heavy atom. The lowest BCUT2D eigenvalue weighted by Crippen LogP contribution is -2.32. The molecule has 9 heteroatoms. The van der Waals surface area contributed by atoms with Gasteiger partial charge in [-0.25, -0.2) is 0 Å². The van der Waals surface area contributed by atoms with Gasteiger partial charge in [0.15, 0.2) is 5.50 Å². The van der Waals surface area contributed by atoms with E-state index in [1.165, 1.54) is 6.21 Å². The van der Waals surface area contributed by atoms with E-state index >= 15 is 0 Å². The summed E-state index contributed by atoms with van der Waals surface area (Å²) in [5, 5.41) is 23.9. The highest BCUT2D eigenvalue weighted by Gasteiger charge is 2.29. The van der Waals surface area contributed by atoms with E-state index in [0.717, 1.165) is 17.3 Å². The van der Waals surface area contributed by atoms with E-state index in [-0.39, 0.29) is 11.1 Å². The van der Waals surface area contributed by atoms with E-state index in [1.807, 2.05) is 30.3 Å². The predicted octanol–water partition coefficient (Wildman–Crippen LogP) is 1.89. The van der Waals surface area contributed by atoms with Crippen LogP contribution in [0.5, 0.6) is 0 Å². The molecule has 3 rings (SSSR count). The number of thioether (sulfide) groups is 1. The van der Waals surface area contributed by atoms with Crippen LogP contribution in [0, 0.1) is 6.92 Å². The van der Waals surface area contributed by atoms with Crippen LogP contribution in [0.25, 0.3) is 11.3 Å². The predicted molar refractivity (Wildman–Crippen MR) is 83.2 cm³/mol. The summed E-state index contributed by atoms with van der Waals surface area (Å²) >= 11 is 1.07. The number of rotatable bonds is 4. The van der Waals surface area contributed by atoms with E-state index in [2.05, 4.69) is 15.5 Å². The van der Waals surface area contributed by atoms with Crippen molar-refractivity contribution < 1.29 is 19.7 Å². The zero-order valence-corrected chi connectivity index (χ0v) is 12.9. The summed E-state index contributed by atoms with van der Waals surface area (Å²) in [5.41, 5.74) is 0.939. The van der Waals surface area contributed by atoms with Crippen molar-refractivity contribution >= 4 is 23.9 Å². The molecule has 8 nitrogen and oxygen atoms in total. The largest absolute Gasteiger partial charge is 0.360 e. The highest BCUT2D eigenvalue weighted by atomic mass is 32.2. The Hall–Kier alpha value is -2.20. The molecule has 3 N–H and O–H groups in total. The van der Waals surface area contributed by atoms with Crippen molar-refractivity contribution in [3.05, 3.63) is 41.7 Å². The molecule has 0 aliphatic carbocycles. The lowest BCUT2D eigenvalue weighted by atomic mass is 10.1. The smallest absolute Gasteiger partial charge is 0.259 e. The second-order valence-electron chi connectivity index (χ2n) is 4.80. The van der Waals surface area contributed by atoms with Crippen molar-refractivity contribution in [1.29, 1.82) is 0 Å². The maximum Gasteiger partial charge on any atom is 0.259 e. The molecule has 0 saturated carbocycles. The van der Waals surface area contributed by atoms with Crippen LogP contribution in [0.2, 0.25) is 0 Å². The third-order valence-corrected chi connectivity index (χ3v) is 4.32. The third-order valence-electron chi connectivity index (χ3n) is 3.24. The zero-order valence-electron chi connectivity index (χ0n) is 12.1. The van der Waals surface area contributed by atoms with Crippen molar-refractivity contribution in [1.82, 2.24) is 15.7 Å². The van der Waals surface area contributed by atoms with Crippen molar-refractivity contribution in [2.75, 3.05) is 0 Å². The second kappa shape index (κ2) is 6.50. The van der Waals surface area contributed by atoms with Crippen LogP contribution in [-0.4, -0.2) is 43.8 Å². The Morgan fingerprint density at radius 2 is 2.09 bits per heavy atom. The molecule has 2 heterocycles. The average molecular weight is 334 g/mol. The Balaban J connectivity index is 1.79. The normalized spacial score (nSPS) is 20.2. The number of aryl methyl sites for hydroxylation is 1. The van der Waals surface area contributed by atoms with E-state index in [4.69, 9.17) is 14.9 Å². The molecule has 0 radical (unpaired) electrons. The number of hydrogen-bond donors (Lipinski definition) is 3. The van der Waals surface area contributed by atoms with Crippen molar-refractivity contribution in [3.8, 4) is 11.3 Å². The SMILES string of the molecule is Cc1onc(-c2ccccc2)c1C(=O)N[C@H]1N=C[C@H](N(O)O)S1. The summed E-state index contributed by atoms with van der Waals surface area (Å²) < 4.78 is 5.15. The highest BCUT2D eigenvalue weighted by Crippen LogP contribution is 2.27. The van der Waals surface area contributed by atoms with Crippen LogP contribution in [0.4, 0.5) is 0 Å². The summed E-state index contributed by atoms with van der Waals surface area (Å²) in [6, 6.07) is 9.24. The highest BCUT2D eigenvalue weighted by molar-refractivity contribution is 8.01. The molecule has 1 aliphatic heterocycles. The molecule has 1 aromatic carbocycles. The van der Waals surface area contributed by atoms with Crippen LogP contribution in [0.15, 0.2) is 39.8 Å². The number of benzene rings is 1. The van der Waals surface area contributed by atoms with E-state index in [9.17, 15) is 4.79 Å². The first-order valence-corrected chi connectivity index (χ1v) is 7.69. The molecule has 1 amide bonds. The summed E-state index contributed by atoms with van der Waals surface area (Å²) in [6.07, 6.45) is 1.34. The van der Waals surface area contributed by atoms with Crippen LogP contribution in [0.3, 0.4) is 0 Å². The fourth-order valence-electron chi connectivity index (χ4n) is 2.16. The van der Waals surface area contributed by atoms with Crippen LogP contribution < -0.4 is 5.32 Å². The van der Waals surface area contributed by atoms with Gasteiger partial charge in [-0.3, -0.25) is 20.2 Å². The summed E-state index contributed by atoms with van der Waals surface area (Å²) in [7, 11) is 0. The van der Waals surface area contributed by atoms with E-state index in [1.54, 1.807) is 6.92 Å². The Bertz CT molecular complexity index is 732. The number of aliphatic imine (C=N–C) groups is 1. The van der Waals surface area contributed by atoms with Crippen molar-refractivity contribution in [2.24, 2.45) is 4.99 Å². The zero-order chi connectivity index (χ0) is 16.4. The minimum atomic E-state index is -0.725. The van der Waals surface area contributed by atoms with Gasteiger partial charge < -0.3 is 9.84 Å². The minimum absolute atomic E-state index is 0.0420. The van der Waals surface area contributed by atoms with Crippen LogP contribution in [0.1, 0.15) is 16.1 Å². The van der Waals surface area contributed by atoms with E-state index < -0.39 is 10.9 Å². The lowest BCUT2D eigenvalue weighted by Gasteiger charge is -2.14. The number of nitrogens with zero attached hydrogens (tertiary/aromatic N) is 3. The first-order chi connectivity index (χ1) is 11.1. The number of carbonyl (C=O) groups excluding carboxylic acids is 1. The van der Waals surface area contributed by atoms with Gasteiger partial charge in [0.1, 0.15) is 22.4 Å². The first-order valence-electron chi connectivity index (χ1n) is 6.74. The Morgan fingerprint density at radius 3 is 2.74 bits per heavy atom. The van der Waals surface area contributed by atoms with Gasteiger partial charge in [-0.05, 0) is 6.92 Å². The van der Waals surface area contributed by atoms with Gasteiger partial charge in [0.25, 0.3) is 5.91 Å². The number of aromatic nitrogens is 1. The fraction of sp³-hybridized carbons (Fsp3) is 0.214. The van der Waals surface area contributed by atoms with Gasteiger partial charge in [-0.1, -0.05) is 52.5 Å². The molecule has 2 atom stereocenters.